The highest BCUT2D eigenvalue weighted by Crippen LogP contribution is 2.38. The summed E-state index contributed by atoms with van der Waals surface area (Å²) in [6.07, 6.45) is -4.53. The molecule has 0 aromatic heterocycles. The van der Waals surface area contributed by atoms with Crippen LogP contribution < -0.4 is 11.1 Å². The molecule has 0 saturated heterocycles. The zero-order valence-corrected chi connectivity index (χ0v) is 11.4. The van der Waals surface area contributed by atoms with E-state index in [2.05, 4.69) is 5.32 Å². The molecule has 3 N–H and O–H groups in total. The SMILES string of the molecule is Nc1ccc(Cl)cc1Nc1ccc(Cl)cc1C(F)(F)F. The van der Waals surface area contributed by atoms with Gasteiger partial charge in [0.25, 0.3) is 0 Å². The highest BCUT2D eigenvalue weighted by molar-refractivity contribution is 6.31. The number of rotatable bonds is 2. The van der Waals surface area contributed by atoms with Gasteiger partial charge in [0.2, 0.25) is 0 Å². The largest absolute Gasteiger partial charge is 0.418 e. The summed E-state index contributed by atoms with van der Waals surface area (Å²) in [4.78, 5) is 0. The molecule has 0 saturated carbocycles. The van der Waals surface area contributed by atoms with Gasteiger partial charge in [0.05, 0.1) is 22.6 Å². The number of halogens is 5. The van der Waals surface area contributed by atoms with Crippen molar-refractivity contribution in [3.05, 3.63) is 52.0 Å². The summed E-state index contributed by atoms with van der Waals surface area (Å²) in [5, 5.41) is 2.99. The molecule has 2 nitrogen and oxygen atoms in total. The molecule has 0 unspecified atom stereocenters. The van der Waals surface area contributed by atoms with E-state index in [1.54, 1.807) is 6.07 Å². The fourth-order valence-electron chi connectivity index (χ4n) is 1.64. The molecule has 0 fully saturated rings. The number of nitrogens with one attached hydrogen (secondary N) is 1. The zero-order chi connectivity index (χ0) is 14.9. The summed E-state index contributed by atoms with van der Waals surface area (Å²) >= 11 is 11.4. The molecule has 2 rings (SSSR count). The van der Waals surface area contributed by atoms with Gasteiger partial charge < -0.3 is 11.1 Å². The van der Waals surface area contributed by atoms with Gasteiger partial charge in [-0.3, -0.25) is 0 Å². The van der Waals surface area contributed by atoms with Crippen molar-refractivity contribution in [1.29, 1.82) is 0 Å². The predicted octanol–water partition coefficient (Wildman–Crippen LogP) is 5.34. The normalized spacial score (nSPS) is 11.4. The third kappa shape index (κ3) is 3.29. The van der Waals surface area contributed by atoms with E-state index < -0.39 is 11.7 Å². The van der Waals surface area contributed by atoms with Crippen molar-refractivity contribution in [2.24, 2.45) is 0 Å². The molecule has 0 atom stereocenters. The maximum atomic E-state index is 13.0. The number of hydrogen-bond donors (Lipinski definition) is 2. The second-order valence-corrected chi connectivity index (χ2v) is 4.92. The standard InChI is InChI=1S/C13H9Cl2F3N2/c14-7-2-4-11(9(5-7)13(16,17)18)20-12-6-8(15)1-3-10(12)19/h1-6,20H,19H2. The van der Waals surface area contributed by atoms with E-state index in [4.69, 9.17) is 28.9 Å². The number of anilines is 3. The second kappa shape index (κ2) is 5.42. The van der Waals surface area contributed by atoms with E-state index in [1.165, 1.54) is 24.3 Å². The van der Waals surface area contributed by atoms with Gasteiger partial charge in [-0.15, -0.1) is 0 Å². The maximum Gasteiger partial charge on any atom is 0.418 e. The van der Waals surface area contributed by atoms with Crippen LogP contribution >= 0.6 is 23.2 Å². The molecule has 0 aliphatic heterocycles. The minimum Gasteiger partial charge on any atom is -0.397 e. The van der Waals surface area contributed by atoms with Crippen LogP contribution in [-0.2, 0) is 6.18 Å². The zero-order valence-electron chi connectivity index (χ0n) is 9.93. The lowest BCUT2D eigenvalue weighted by Gasteiger charge is -2.16. The Kier molecular flexibility index (Phi) is 4.01. The third-order valence-electron chi connectivity index (χ3n) is 2.57. The molecule has 0 heterocycles. The van der Waals surface area contributed by atoms with Crippen LogP contribution in [0.2, 0.25) is 10.0 Å². The molecule has 0 bridgehead atoms. The van der Waals surface area contributed by atoms with Crippen molar-refractivity contribution in [1.82, 2.24) is 0 Å². The smallest absolute Gasteiger partial charge is 0.397 e. The average molecular weight is 321 g/mol. The first kappa shape index (κ1) is 14.8. The second-order valence-electron chi connectivity index (χ2n) is 4.04. The van der Waals surface area contributed by atoms with Crippen LogP contribution in [-0.4, -0.2) is 0 Å². The Labute approximate surface area is 123 Å². The van der Waals surface area contributed by atoms with Gasteiger partial charge in [0.1, 0.15) is 0 Å². The first-order chi connectivity index (χ1) is 9.27. The summed E-state index contributed by atoms with van der Waals surface area (Å²) < 4.78 is 38.9. The van der Waals surface area contributed by atoms with Crippen LogP contribution in [0.3, 0.4) is 0 Å². The van der Waals surface area contributed by atoms with E-state index >= 15 is 0 Å². The van der Waals surface area contributed by atoms with Gasteiger partial charge >= 0.3 is 6.18 Å². The maximum absolute atomic E-state index is 13.0. The van der Waals surface area contributed by atoms with Gasteiger partial charge in [-0.25, -0.2) is 0 Å². The Hall–Kier alpha value is -1.59. The summed E-state index contributed by atoms with van der Waals surface area (Å²) in [6.45, 7) is 0. The highest BCUT2D eigenvalue weighted by Gasteiger charge is 2.33. The fraction of sp³-hybridized carbons (Fsp3) is 0.0769. The van der Waals surface area contributed by atoms with Gasteiger partial charge in [0.15, 0.2) is 0 Å². The van der Waals surface area contributed by atoms with Gasteiger partial charge in [0, 0.05) is 10.0 Å². The molecule has 7 heteroatoms. The van der Waals surface area contributed by atoms with E-state index in [0.717, 1.165) is 6.07 Å². The summed E-state index contributed by atoms with van der Waals surface area (Å²) in [5.41, 5.74) is 5.27. The summed E-state index contributed by atoms with van der Waals surface area (Å²) in [7, 11) is 0. The van der Waals surface area contributed by atoms with E-state index in [0.29, 0.717) is 10.7 Å². The van der Waals surface area contributed by atoms with E-state index in [9.17, 15) is 13.2 Å². The average Bonchev–Trinajstić information content (AvgIpc) is 2.34. The Morgan fingerprint density at radius 1 is 0.900 bits per heavy atom. The van der Waals surface area contributed by atoms with Crippen LogP contribution in [0.4, 0.5) is 30.2 Å². The lowest BCUT2D eigenvalue weighted by Crippen LogP contribution is -2.09. The Morgan fingerprint density at radius 2 is 1.50 bits per heavy atom. The minimum absolute atomic E-state index is 0.00180. The van der Waals surface area contributed by atoms with Crippen molar-refractivity contribution in [3.63, 3.8) is 0 Å². The highest BCUT2D eigenvalue weighted by atomic mass is 35.5. The molecule has 0 aliphatic carbocycles. The molecule has 106 valence electrons. The lowest BCUT2D eigenvalue weighted by atomic mass is 10.1. The van der Waals surface area contributed by atoms with Crippen molar-refractivity contribution in [2.45, 2.75) is 6.18 Å². The molecular weight excluding hydrogens is 312 g/mol. The van der Waals surface area contributed by atoms with Crippen LogP contribution in [0, 0.1) is 0 Å². The summed E-state index contributed by atoms with van der Waals surface area (Å²) in [5.74, 6) is 0. The number of nitrogen functional groups attached to an aromatic ring is 1. The number of alkyl halides is 3. The van der Waals surface area contributed by atoms with Gasteiger partial charge in [-0.2, -0.15) is 13.2 Å². The number of nitrogens with two attached hydrogens (primary N) is 1. The van der Waals surface area contributed by atoms with Crippen LogP contribution in [0.15, 0.2) is 36.4 Å². The molecule has 0 aliphatic rings. The molecule has 2 aromatic rings. The third-order valence-corrected chi connectivity index (χ3v) is 3.04. The fourth-order valence-corrected chi connectivity index (χ4v) is 1.99. The predicted molar refractivity (Wildman–Crippen MR) is 75.6 cm³/mol. The van der Waals surface area contributed by atoms with Crippen LogP contribution in [0.5, 0.6) is 0 Å². The summed E-state index contributed by atoms with van der Waals surface area (Å²) in [6, 6.07) is 7.96. The topological polar surface area (TPSA) is 38.0 Å². The first-order valence-electron chi connectivity index (χ1n) is 5.46. The monoisotopic (exact) mass is 320 g/mol. The molecule has 0 spiro atoms. The molecule has 20 heavy (non-hydrogen) atoms. The Morgan fingerprint density at radius 3 is 2.15 bits per heavy atom. The Bertz CT molecular complexity index is 642. The molecule has 2 aromatic carbocycles. The van der Waals surface area contributed by atoms with Gasteiger partial charge in [-0.05, 0) is 36.4 Å². The quantitative estimate of drug-likeness (QED) is 0.733. The number of hydrogen-bond acceptors (Lipinski definition) is 2. The Balaban J connectivity index is 2.46. The lowest BCUT2D eigenvalue weighted by molar-refractivity contribution is -0.136. The first-order valence-corrected chi connectivity index (χ1v) is 6.22. The minimum atomic E-state index is -4.53. The van der Waals surface area contributed by atoms with Crippen molar-refractivity contribution >= 4 is 40.3 Å². The molecule has 0 radical (unpaired) electrons. The number of benzene rings is 2. The van der Waals surface area contributed by atoms with Crippen LogP contribution in [0.25, 0.3) is 0 Å². The molecular formula is C13H9Cl2F3N2. The molecule has 0 amide bonds. The van der Waals surface area contributed by atoms with E-state index in [-0.39, 0.29) is 16.4 Å². The van der Waals surface area contributed by atoms with Crippen molar-refractivity contribution < 1.29 is 13.2 Å². The van der Waals surface area contributed by atoms with Crippen molar-refractivity contribution in [2.75, 3.05) is 11.1 Å². The van der Waals surface area contributed by atoms with Crippen LogP contribution in [0.1, 0.15) is 5.56 Å². The van der Waals surface area contributed by atoms with Crippen molar-refractivity contribution in [3.8, 4) is 0 Å². The van der Waals surface area contributed by atoms with Gasteiger partial charge in [-0.1, -0.05) is 23.2 Å². The van der Waals surface area contributed by atoms with E-state index in [1.807, 2.05) is 0 Å².